The second kappa shape index (κ2) is 8.49. The van der Waals surface area contributed by atoms with Gasteiger partial charge in [0.25, 0.3) is 0 Å². The highest BCUT2D eigenvalue weighted by Gasteiger charge is 2.33. The maximum atomic E-state index is 12.6. The monoisotopic (exact) mass is 387 g/mol. The number of amides is 1. The molecule has 3 rings (SSSR count). The van der Waals surface area contributed by atoms with Crippen LogP contribution in [0.2, 0.25) is 0 Å². The molecule has 0 radical (unpaired) electrons. The molecule has 140 valence electrons. The number of halogens is 1. The predicted molar refractivity (Wildman–Crippen MR) is 98.9 cm³/mol. The van der Waals surface area contributed by atoms with Crippen molar-refractivity contribution in [1.29, 1.82) is 0 Å². The molecule has 1 heterocycles. The van der Waals surface area contributed by atoms with Crippen LogP contribution in [0.25, 0.3) is 0 Å². The van der Waals surface area contributed by atoms with Crippen molar-refractivity contribution in [1.82, 2.24) is 9.62 Å². The third-order valence-electron chi connectivity index (χ3n) is 4.95. The molecule has 1 atom stereocenters. The maximum absolute atomic E-state index is 12.6. The summed E-state index contributed by atoms with van der Waals surface area (Å²) in [5.41, 5.74) is 6.00. The average molecular weight is 388 g/mol. The van der Waals surface area contributed by atoms with E-state index in [1.165, 1.54) is 4.31 Å². The summed E-state index contributed by atoms with van der Waals surface area (Å²) < 4.78 is 26.6. The summed E-state index contributed by atoms with van der Waals surface area (Å²) in [5, 5.41) is 2.93. The average Bonchev–Trinajstić information content (AvgIpc) is 3.45. The van der Waals surface area contributed by atoms with E-state index in [2.05, 4.69) is 5.32 Å². The molecule has 0 bridgehead atoms. The minimum Gasteiger partial charge on any atom is -0.354 e. The highest BCUT2D eigenvalue weighted by Crippen LogP contribution is 2.31. The lowest BCUT2D eigenvalue weighted by Gasteiger charge is -2.30. The summed E-state index contributed by atoms with van der Waals surface area (Å²) in [4.78, 5) is 12.5. The fraction of sp³-hybridized carbons (Fsp3) is 0.588. The molecule has 6 nitrogen and oxygen atoms in total. The zero-order chi connectivity index (χ0) is 17.2. The molecule has 25 heavy (non-hydrogen) atoms. The molecule has 1 aromatic rings. The number of sulfonamides is 1. The van der Waals surface area contributed by atoms with Crippen LogP contribution in [0, 0.1) is 11.8 Å². The molecule has 1 saturated heterocycles. The van der Waals surface area contributed by atoms with Crippen LogP contribution >= 0.6 is 12.4 Å². The number of benzene rings is 1. The molecule has 1 aromatic carbocycles. The number of hydrogen-bond acceptors (Lipinski definition) is 4. The Hall–Kier alpha value is -1.15. The molecule has 2 aliphatic rings. The van der Waals surface area contributed by atoms with E-state index in [4.69, 9.17) is 5.73 Å². The first-order chi connectivity index (χ1) is 11.5. The summed E-state index contributed by atoms with van der Waals surface area (Å²) in [6.45, 7) is 1.28. The minimum absolute atomic E-state index is 0. The molecule has 2 fully saturated rings. The standard InChI is InChI=1S/C17H25N3O3S.ClH/c18-16(13-6-7-13)12-19-17(21)14-8-10-20(11-9-14)24(22,23)15-4-2-1-3-5-15;/h1-5,13-14,16H,6-12,18H2,(H,19,21);1H. The quantitative estimate of drug-likeness (QED) is 0.770. The lowest BCUT2D eigenvalue weighted by atomic mass is 9.97. The molecule has 1 aliphatic heterocycles. The highest BCUT2D eigenvalue weighted by molar-refractivity contribution is 7.89. The third kappa shape index (κ3) is 4.94. The number of hydrogen-bond donors (Lipinski definition) is 2. The molecular formula is C17H26ClN3O3S. The van der Waals surface area contributed by atoms with Crippen molar-refractivity contribution in [2.75, 3.05) is 19.6 Å². The van der Waals surface area contributed by atoms with E-state index in [9.17, 15) is 13.2 Å². The van der Waals surface area contributed by atoms with Gasteiger partial charge in [-0.2, -0.15) is 4.31 Å². The third-order valence-corrected chi connectivity index (χ3v) is 6.86. The van der Waals surface area contributed by atoms with Crippen molar-refractivity contribution < 1.29 is 13.2 Å². The number of nitrogens with one attached hydrogen (secondary N) is 1. The zero-order valence-electron chi connectivity index (χ0n) is 14.1. The normalized spacial score (nSPS) is 20.5. The summed E-state index contributed by atoms with van der Waals surface area (Å²) in [6.07, 6.45) is 3.42. The van der Waals surface area contributed by atoms with Crippen molar-refractivity contribution >= 4 is 28.3 Å². The Balaban J connectivity index is 0.00000225. The van der Waals surface area contributed by atoms with E-state index in [-0.39, 0.29) is 30.3 Å². The molecule has 1 unspecified atom stereocenters. The van der Waals surface area contributed by atoms with E-state index in [0.29, 0.717) is 43.3 Å². The Morgan fingerprint density at radius 2 is 1.76 bits per heavy atom. The van der Waals surface area contributed by atoms with Crippen LogP contribution < -0.4 is 11.1 Å². The molecule has 0 spiro atoms. The van der Waals surface area contributed by atoms with Gasteiger partial charge in [0.1, 0.15) is 0 Å². The van der Waals surface area contributed by atoms with Gasteiger partial charge in [-0.1, -0.05) is 18.2 Å². The van der Waals surface area contributed by atoms with Gasteiger partial charge in [0.15, 0.2) is 0 Å². The molecule has 1 aliphatic carbocycles. The van der Waals surface area contributed by atoms with Gasteiger partial charge in [-0.15, -0.1) is 12.4 Å². The first kappa shape index (κ1) is 20.2. The van der Waals surface area contributed by atoms with Crippen LogP contribution in [0.3, 0.4) is 0 Å². The minimum atomic E-state index is -3.46. The van der Waals surface area contributed by atoms with Crippen molar-refractivity contribution in [3.8, 4) is 0 Å². The molecule has 0 aromatic heterocycles. The van der Waals surface area contributed by atoms with Gasteiger partial charge in [0, 0.05) is 31.6 Å². The SMILES string of the molecule is Cl.NC(CNC(=O)C1CCN(S(=O)(=O)c2ccccc2)CC1)C1CC1. The smallest absolute Gasteiger partial charge is 0.243 e. The second-order valence-corrected chi connectivity index (χ2v) is 8.68. The topological polar surface area (TPSA) is 92.5 Å². The fourth-order valence-electron chi connectivity index (χ4n) is 3.15. The van der Waals surface area contributed by atoms with Crippen molar-refractivity contribution in [2.45, 2.75) is 36.6 Å². The molecule has 1 amide bonds. The second-order valence-electron chi connectivity index (χ2n) is 6.74. The lowest BCUT2D eigenvalue weighted by Crippen LogP contribution is -2.45. The summed E-state index contributed by atoms with van der Waals surface area (Å²) in [6, 6.07) is 8.49. The van der Waals surface area contributed by atoms with Gasteiger partial charge in [-0.3, -0.25) is 4.79 Å². The number of piperidine rings is 1. The van der Waals surface area contributed by atoms with Gasteiger partial charge in [-0.25, -0.2) is 8.42 Å². The summed E-state index contributed by atoms with van der Waals surface area (Å²) >= 11 is 0. The molecular weight excluding hydrogens is 362 g/mol. The first-order valence-corrected chi connectivity index (χ1v) is 10.0. The van der Waals surface area contributed by atoms with Gasteiger partial charge in [0.05, 0.1) is 4.90 Å². The number of carbonyl (C=O) groups excluding carboxylic acids is 1. The van der Waals surface area contributed by atoms with E-state index >= 15 is 0 Å². The summed E-state index contributed by atoms with van der Waals surface area (Å²) in [5.74, 6) is 0.435. The van der Waals surface area contributed by atoms with Crippen LogP contribution in [0.5, 0.6) is 0 Å². The Labute approximate surface area is 155 Å². The highest BCUT2D eigenvalue weighted by atomic mass is 35.5. The van der Waals surface area contributed by atoms with E-state index in [1.807, 2.05) is 0 Å². The van der Waals surface area contributed by atoms with Gasteiger partial charge >= 0.3 is 0 Å². The Kier molecular flexibility index (Phi) is 6.85. The Morgan fingerprint density at radius 1 is 1.16 bits per heavy atom. The Bertz CT molecular complexity index is 672. The largest absolute Gasteiger partial charge is 0.354 e. The molecule has 8 heteroatoms. The number of rotatable bonds is 6. The van der Waals surface area contributed by atoms with Crippen molar-refractivity contribution in [3.05, 3.63) is 30.3 Å². The van der Waals surface area contributed by atoms with Gasteiger partial charge in [-0.05, 0) is 43.7 Å². The predicted octanol–water partition coefficient (Wildman–Crippen LogP) is 1.36. The van der Waals surface area contributed by atoms with Crippen molar-refractivity contribution in [3.63, 3.8) is 0 Å². The van der Waals surface area contributed by atoms with Gasteiger partial charge < -0.3 is 11.1 Å². The Morgan fingerprint density at radius 3 is 2.32 bits per heavy atom. The van der Waals surface area contributed by atoms with Gasteiger partial charge in [0.2, 0.25) is 15.9 Å². The number of carbonyl (C=O) groups is 1. The van der Waals surface area contributed by atoms with E-state index in [1.54, 1.807) is 30.3 Å². The van der Waals surface area contributed by atoms with Crippen LogP contribution in [0.1, 0.15) is 25.7 Å². The molecule has 1 saturated carbocycles. The number of nitrogens with two attached hydrogens (primary N) is 1. The number of nitrogens with zero attached hydrogens (tertiary/aromatic N) is 1. The summed E-state index contributed by atoms with van der Waals surface area (Å²) in [7, 11) is -3.46. The zero-order valence-corrected chi connectivity index (χ0v) is 15.8. The van der Waals surface area contributed by atoms with E-state index in [0.717, 1.165) is 12.8 Å². The van der Waals surface area contributed by atoms with Crippen LogP contribution in [-0.2, 0) is 14.8 Å². The van der Waals surface area contributed by atoms with Crippen molar-refractivity contribution in [2.24, 2.45) is 17.6 Å². The van der Waals surface area contributed by atoms with E-state index < -0.39 is 10.0 Å². The van der Waals surface area contributed by atoms with Crippen LogP contribution in [0.4, 0.5) is 0 Å². The maximum Gasteiger partial charge on any atom is 0.243 e. The first-order valence-electron chi connectivity index (χ1n) is 8.57. The van der Waals surface area contributed by atoms with Crippen LogP contribution in [-0.4, -0.2) is 44.3 Å². The lowest BCUT2D eigenvalue weighted by molar-refractivity contribution is -0.126. The van der Waals surface area contributed by atoms with Crippen LogP contribution in [0.15, 0.2) is 35.2 Å². The fourth-order valence-corrected chi connectivity index (χ4v) is 4.64. The molecule has 3 N–H and O–H groups in total.